The monoisotopic (exact) mass is 198 g/mol. The number of β-lactam (4-membered cyclic amide) rings is 1. The largest absolute Gasteiger partial charge is 0.313 e. The van der Waals surface area contributed by atoms with Crippen LogP contribution in [-0.2, 0) is 4.79 Å². The van der Waals surface area contributed by atoms with Gasteiger partial charge in [0.15, 0.2) is 0 Å². The second-order valence-electron chi connectivity index (χ2n) is 3.34. The number of likely N-dealkylation sites (N-methyl/N-ethyl adjacent to an activating group) is 1. The number of fused-ring (bicyclic) bond motifs is 1. The van der Waals surface area contributed by atoms with E-state index < -0.39 is 0 Å². The van der Waals surface area contributed by atoms with Crippen LogP contribution in [0.1, 0.15) is 13.3 Å². The van der Waals surface area contributed by atoms with Gasteiger partial charge in [0, 0.05) is 18.5 Å². The van der Waals surface area contributed by atoms with Gasteiger partial charge in [0.2, 0.25) is 5.91 Å². The minimum absolute atomic E-state index is 0.270. The zero-order chi connectivity index (χ0) is 9.26. The van der Waals surface area contributed by atoms with Crippen molar-refractivity contribution < 1.29 is 4.79 Å². The molecule has 0 spiro atoms. The van der Waals surface area contributed by atoms with E-state index in [1.165, 1.54) is 5.57 Å². The number of hydrogen-bond donors (Lipinski definition) is 1. The molecule has 1 N–H and O–H groups in total. The Morgan fingerprint density at radius 2 is 2.62 bits per heavy atom. The highest BCUT2D eigenvalue weighted by Crippen LogP contribution is 2.35. The number of thioether (sulfide) groups is 1. The van der Waals surface area contributed by atoms with E-state index in [9.17, 15) is 4.79 Å². The number of amides is 1. The first-order valence-corrected chi connectivity index (χ1v) is 5.69. The quantitative estimate of drug-likeness (QED) is 0.680. The van der Waals surface area contributed by atoms with Crippen LogP contribution in [0.4, 0.5) is 0 Å². The fraction of sp³-hybridized carbons (Fsp3) is 0.667. The van der Waals surface area contributed by atoms with Crippen molar-refractivity contribution in [2.45, 2.75) is 18.7 Å². The molecule has 1 saturated heterocycles. The van der Waals surface area contributed by atoms with Crippen LogP contribution in [-0.4, -0.2) is 35.0 Å². The second kappa shape index (κ2) is 3.72. The van der Waals surface area contributed by atoms with Crippen LogP contribution in [0.25, 0.3) is 0 Å². The Labute approximate surface area is 82.6 Å². The van der Waals surface area contributed by atoms with Crippen LogP contribution >= 0.6 is 11.8 Å². The average Bonchev–Trinajstić information content (AvgIpc) is 2.14. The van der Waals surface area contributed by atoms with E-state index in [0.29, 0.717) is 5.37 Å². The summed E-state index contributed by atoms with van der Waals surface area (Å²) in [5.74, 6) is 1.34. The molecule has 1 atom stereocenters. The van der Waals surface area contributed by atoms with E-state index in [2.05, 4.69) is 12.2 Å². The van der Waals surface area contributed by atoms with Crippen LogP contribution in [0, 0.1) is 0 Å². The molecule has 0 aromatic heterocycles. The van der Waals surface area contributed by atoms with Crippen molar-refractivity contribution in [2.75, 3.05) is 18.8 Å². The molecule has 0 saturated carbocycles. The molecule has 0 aromatic carbocycles. The van der Waals surface area contributed by atoms with Gasteiger partial charge < -0.3 is 10.2 Å². The Kier molecular flexibility index (Phi) is 2.60. The minimum atomic E-state index is 0.270. The summed E-state index contributed by atoms with van der Waals surface area (Å²) in [4.78, 5) is 13.0. The van der Waals surface area contributed by atoms with E-state index in [4.69, 9.17) is 0 Å². The molecule has 72 valence electrons. The lowest BCUT2D eigenvalue weighted by molar-refractivity contribution is -0.137. The third-order valence-electron chi connectivity index (χ3n) is 2.33. The van der Waals surface area contributed by atoms with Gasteiger partial charge in [-0.25, -0.2) is 0 Å². The lowest BCUT2D eigenvalue weighted by Gasteiger charge is -2.41. The van der Waals surface area contributed by atoms with Gasteiger partial charge in [0.05, 0.1) is 11.8 Å². The summed E-state index contributed by atoms with van der Waals surface area (Å²) in [6.07, 6.45) is 2.76. The molecule has 0 bridgehead atoms. The van der Waals surface area contributed by atoms with Crippen molar-refractivity contribution in [3.05, 3.63) is 11.8 Å². The molecule has 2 heterocycles. The maximum Gasteiger partial charge on any atom is 0.230 e. The molecule has 0 aromatic rings. The van der Waals surface area contributed by atoms with Crippen molar-refractivity contribution in [1.29, 1.82) is 0 Å². The fourth-order valence-corrected chi connectivity index (χ4v) is 2.70. The molecule has 0 radical (unpaired) electrons. The predicted molar refractivity (Wildman–Crippen MR) is 54.3 cm³/mol. The molecule has 4 heteroatoms. The molecule has 1 amide bonds. The van der Waals surface area contributed by atoms with Gasteiger partial charge in [0.25, 0.3) is 0 Å². The maximum atomic E-state index is 11.1. The highest BCUT2D eigenvalue weighted by atomic mass is 32.2. The summed E-state index contributed by atoms with van der Waals surface area (Å²) in [5.41, 5.74) is 1.33. The summed E-state index contributed by atoms with van der Waals surface area (Å²) >= 11 is 1.87. The van der Waals surface area contributed by atoms with Crippen molar-refractivity contribution in [3.8, 4) is 0 Å². The fourth-order valence-electron chi connectivity index (χ4n) is 1.52. The molecular formula is C9H14N2OS. The van der Waals surface area contributed by atoms with Crippen LogP contribution in [0.5, 0.6) is 0 Å². The molecule has 13 heavy (non-hydrogen) atoms. The Balaban J connectivity index is 1.93. The summed E-state index contributed by atoms with van der Waals surface area (Å²) < 4.78 is 0. The standard InChI is InChI=1S/C9H14N2OS/c1-2-10-4-7-5-11-8(12)3-9(11)13-6-7/h5,9-10H,2-4,6H2,1H3/t9-/m0/s1. The molecule has 1 fully saturated rings. The summed E-state index contributed by atoms with van der Waals surface area (Å²) in [6, 6.07) is 0. The van der Waals surface area contributed by atoms with E-state index in [1.807, 2.05) is 22.9 Å². The van der Waals surface area contributed by atoms with E-state index >= 15 is 0 Å². The van der Waals surface area contributed by atoms with Gasteiger partial charge in [-0.2, -0.15) is 0 Å². The Hall–Kier alpha value is -0.480. The normalized spacial score (nSPS) is 26.5. The highest BCUT2D eigenvalue weighted by molar-refractivity contribution is 8.00. The average molecular weight is 198 g/mol. The summed E-state index contributed by atoms with van der Waals surface area (Å²) in [6.45, 7) is 3.99. The van der Waals surface area contributed by atoms with Crippen LogP contribution in [0.3, 0.4) is 0 Å². The number of hydrogen-bond acceptors (Lipinski definition) is 3. The van der Waals surface area contributed by atoms with Crippen molar-refractivity contribution in [1.82, 2.24) is 10.2 Å². The Bertz CT molecular complexity index is 252. The lowest BCUT2D eigenvalue weighted by atomic mass is 10.2. The zero-order valence-electron chi connectivity index (χ0n) is 7.75. The van der Waals surface area contributed by atoms with Crippen molar-refractivity contribution in [3.63, 3.8) is 0 Å². The SMILES string of the molecule is CCNCC1=CN2C(=O)C[C@@H]2SC1. The molecule has 2 aliphatic heterocycles. The molecule has 0 aliphatic carbocycles. The molecule has 2 rings (SSSR count). The molecular weight excluding hydrogens is 184 g/mol. The number of nitrogens with one attached hydrogen (secondary N) is 1. The first kappa shape index (κ1) is 9.09. The van der Waals surface area contributed by atoms with Crippen molar-refractivity contribution >= 4 is 17.7 Å². The third-order valence-corrected chi connectivity index (χ3v) is 3.65. The van der Waals surface area contributed by atoms with Gasteiger partial charge in [-0.1, -0.05) is 6.92 Å². The van der Waals surface area contributed by atoms with Gasteiger partial charge >= 0.3 is 0 Å². The van der Waals surface area contributed by atoms with Crippen LogP contribution in [0.2, 0.25) is 0 Å². The molecule has 3 nitrogen and oxygen atoms in total. The van der Waals surface area contributed by atoms with E-state index in [-0.39, 0.29) is 5.91 Å². The highest BCUT2D eigenvalue weighted by Gasteiger charge is 2.37. The molecule has 2 aliphatic rings. The smallest absolute Gasteiger partial charge is 0.230 e. The third kappa shape index (κ3) is 1.74. The van der Waals surface area contributed by atoms with Gasteiger partial charge in [-0.3, -0.25) is 4.79 Å². The number of rotatable bonds is 3. The van der Waals surface area contributed by atoms with Gasteiger partial charge in [0.1, 0.15) is 0 Å². The van der Waals surface area contributed by atoms with Crippen molar-refractivity contribution in [2.24, 2.45) is 0 Å². The Morgan fingerprint density at radius 3 is 3.31 bits per heavy atom. The predicted octanol–water partition coefficient (Wildman–Crippen LogP) is 0.785. The van der Waals surface area contributed by atoms with Crippen LogP contribution < -0.4 is 5.32 Å². The topological polar surface area (TPSA) is 32.3 Å². The summed E-state index contributed by atoms with van der Waals surface area (Å²) in [5, 5.41) is 3.72. The number of carbonyl (C=O) groups is 1. The maximum absolute atomic E-state index is 11.1. The zero-order valence-corrected chi connectivity index (χ0v) is 8.56. The van der Waals surface area contributed by atoms with Crippen LogP contribution in [0.15, 0.2) is 11.8 Å². The lowest BCUT2D eigenvalue weighted by Crippen LogP contribution is -2.49. The summed E-state index contributed by atoms with van der Waals surface area (Å²) in [7, 11) is 0. The van der Waals surface area contributed by atoms with Gasteiger partial charge in [-0.15, -0.1) is 11.8 Å². The van der Waals surface area contributed by atoms with E-state index in [0.717, 1.165) is 25.3 Å². The first-order chi connectivity index (χ1) is 6.31. The Morgan fingerprint density at radius 1 is 1.77 bits per heavy atom. The second-order valence-corrected chi connectivity index (χ2v) is 4.50. The number of carbonyl (C=O) groups excluding carboxylic acids is 1. The molecule has 0 unspecified atom stereocenters. The minimum Gasteiger partial charge on any atom is -0.313 e. The van der Waals surface area contributed by atoms with Gasteiger partial charge in [-0.05, 0) is 12.1 Å². The number of nitrogens with zero attached hydrogens (tertiary/aromatic N) is 1. The van der Waals surface area contributed by atoms with E-state index in [1.54, 1.807) is 0 Å². The first-order valence-electron chi connectivity index (χ1n) is 4.64.